The molecule has 2 aromatic rings. The van der Waals surface area contributed by atoms with Crippen LogP contribution in [-0.2, 0) is 0 Å². The molecular weight excluding hydrogens is 270 g/mol. The molecule has 0 atom stereocenters. The van der Waals surface area contributed by atoms with Gasteiger partial charge in [0.15, 0.2) is 0 Å². The fraction of sp³-hybridized carbons (Fsp3) is 0.375. The molecule has 106 valence electrons. The van der Waals surface area contributed by atoms with Gasteiger partial charge < -0.3 is 5.11 Å². The summed E-state index contributed by atoms with van der Waals surface area (Å²) in [6.45, 7) is 10.1. The van der Waals surface area contributed by atoms with E-state index >= 15 is 0 Å². The van der Waals surface area contributed by atoms with Gasteiger partial charge >= 0.3 is 5.97 Å². The van der Waals surface area contributed by atoms with Crippen molar-refractivity contribution in [1.29, 1.82) is 0 Å². The van der Waals surface area contributed by atoms with Gasteiger partial charge in [-0.25, -0.2) is 9.78 Å². The van der Waals surface area contributed by atoms with Crippen molar-refractivity contribution in [2.75, 3.05) is 0 Å². The Hall–Kier alpha value is -1.68. The average molecular weight is 289 g/mol. The van der Waals surface area contributed by atoms with Crippen LogP contribution in [0.5, 0.6) is 0 Å². The summed E-state index contributed by atoms with van der Waals surface area (Å²) in [4.78, 5) is 16.3. The second-order valence-corrected chi connectivity index (χ2v) is 6.44. The van der Waals surface area contributed by atoms with Crippen LogP contribution >= 0.6 is 11.3 Å². The van der Waals surface area contributed by atoms with Gasteiger partial charge in [0.05, 0.1) is 5.69 Å². The molecule has 0 radical (unpaired) electrons. The lowest BCUT2D eigenvalue weighted by atomic mass is 10.0. The standard InChI is InChI=1S/C16H19NO2S/c1-8(2)13-14(16(18)19)20-15(17-13)12-7-10(4)9(3)6-11(12)5/h6-8H,1-5H3,(H,18,19). The number of thiazole rings is 1. The van der Waals surface area contributed by atoms with E-state index in [1.165, 1.54) is 22.5 Å². The molecular formula is C16H19NO2S. The number of carbonyl (C=O) groups is 1. The van der Waals surface area contributed by atoms with Crippen molar-refractivity contribution < 1.29 is 9.90 Å². The van der Waals surface area contributed by atoms with Crippen LogP contribution in [0.2, 0.25) is 0 Å². The van der Waals surface area contributed by atoms with Crippen LogP contribution in [0.1, 0.15) is 51.8 Å². The van der Waals surface area contributed by atoms with E-state index in [1.807, 2.05) is 20.8 Å². The lowest BCUT2D eigenvalue weighted by Gasteiger charge is -2.07. The highest BCUT2D eigenvalue weighted by Gasteiger charge is 2.21. The molecule has 1 aromatic carbocycles. The van der Waals surface area contributed by atoms with E-state index < -0.39 is 5.97 Å². The minimum absolute atomic E-state index is 0.109. The molecule has 0 unspecified atom stereocenters. The van der Waals surface area contributed by atoms with Crippen molar-refractivity contribution in [2.24, 2.45) is 0 Å². The molecule has 3 nitrogen and oxygen atoms in total. The van der Waals surface area contributed by atoms with Crippen LogP contribution in [0.4, 0.5) is 0 Å². The summed E-state index contributed by atoms with van der Waals surface area (Å²) in [6, 6.07) is 4.22. The highest BCUT2D eigenvalue weighted by Crippen LogP contribution is 2.34. The van der Waals surface area contributed by atoms with Crippen LogP contribution in [0, 0.1) is 20.8 Å². The number of carboxylic acids is 1. The molecule has 4 heteroatoms. The zero-order chi connectivity index (χ0) is 15.0. The third-order valence-electron chi connectivity index (χ3n) is 3.47. The number of rotatable bonds is 3. The molecule has 1 heterocycles. The van der Waals surface area contributed by atoms with Crippen molar-refractivity contribution in [1.82, 2.24) is 4.98 Å². The zero-order valence-electron chi connectivity index (χ0n) is 12.4. The quantitative estimate of drug-likeness (QED) is 0.901. The third-order valence-corrected chi connectivity index (χ3v) is 4.56. The van der Waals surface area contributed by atoms with Gasteiger partial charge in [-0.3, -0.25) is 0 Å². The third kappa shape index (κ3) is 2.61. The highest BCUT2D eigenvalue weighted by molar-refractivity contribution is 7.17. The molecule has 20 heavy (non-hydrogen) atoms. The van der Waals surface area contributed by atoms with Crippen molar-refractivity contribution in [3.63, 3.8) is 0 Å². The number of hydrogen-bond acceptors (Lipinski definition) is 3. The highest BCUT2D eigenvalue weighted by atomic mass is 32.1. The second kappa shape index (κ2) is 5.37. The molecule has 0 saturated carbocycles. The van der Waals surface area contributed by atoms with E-state index in [1.54, 1.807) is 0 Å². The van der Waals surface area contributed by atoms with E-state index in [9.17, 15) is 9.90 Å². The first-order valence-electron chi connectivity index (χ1n) is 6.63. The van der Waals surface area contributed by atoms with Crippen molar-refractivity contribution in [3.05, 3.63) is 39.4 Å². The molecule has 2 rings (SSSR count). The van der Waals surface area contributed by atoms with Gasteiger partial charge in [0.2, 0.25) is 0 Å². The van der Waals surface area contributed by atoms with Crippen molar-refractivity contribution >= 4 is 17.3 Å². The maximum Gasteiger partial charge on any atom is 0.347 e. The van der Waals surface area contributed by atoms with E-state index in [-0.39, 0.29) is 5.92 Å². The average Bonchev–Trinajstić information content (AvgIpc) is 2.78. The number of aromatic carboxylic acids is 1. The molecule has 0 aliphatic rings. The number of aryl methyl sites for hydroxylation is 3. The SMILES string of the molecule is Cc1cc(C)c(-c2nc(C(C)C)c(C(=O)O)s2)cc1C. The van der Waals surface area contributed by atoms with Crippen LogP contribution in [0.25, 0.3) is 10.6 Å². The summed E-state index contributed by atoms with van der Waals surface area (Å²) < 4.78 is 0. The Morgan fingerprint density at radius 2 is 1.75 bits per heavy atom. The number of hydrogen-bond donors (Lipinski definition) is 1. The van der Waals surface area contributed by atoms with Gasteiger partial charge in [-0.15, -0.1) is 11.3 Å². The lowest BCUT2D eigenvalue weighted by molar-refractivity contribution is 0.0700. The molecule has 0 spiro atoms. The Kier molecular flexibility index (Phi) is 3.95. The minimum Gasteiger partial charge on any atom is -0.477 e. The van der Waals surface area contributed by atoms with E-state index in [0.717, 1.165) is 16.1 Å². The first-order chi connectivity index (χ1) is 9.31. The van der Waals surface area contributed by atoms with Crippen LogP contribution < -0.4 is 0 Å². The molecule has 0 bridgehead atoms. The van der Waals surface area contributed by atoms with E-state index in [0.29, 0.717) is 10.6 Å². The Labute approximate surface area is 123 Å². The molecule has 0 saturated heterocycles. The topological polar surface area (TPSA) is 50.2 Å². The Morgan fingerprint density at radius 3 is 2.25 bits per heavy atom. The van der Waals surface area contributed by atoms with Crippen LogP contribution in [0.3, 0.4) is 0 Å². The Bertz CT molecular complexity index is 671. The summed E-state index contributed by atoms with van der Waals surface area (Å²) in [7, 11) is 0. The zero-order valence-corrected chi connectivity index (χ0v) is 13.3. The van der Waals surface area contributed by atoms with Gasteiger partial charge in [0.1, 0.15) is 9.88 Å². The predicted molar refractivity (Wildman–Crippen MR) is 82.8 cm³/mol. The van der Waals surface area contributed by atoms with Gasteiger partial charge in [0, 0.05) is 5.56 Å². The van der Waals surface area contributed by atoms with Crippen LogP contribution in [0.15, 0.2) is 12.1 Å². The minimum atomic E-state index is -0.890. The van der Waals surface area contributed by atoms with Crippen molar-refractivity contribution in [2.45, 2.75) is 40.5 Å². The molecule has 1 aromatic heterocycles. The van der Waals surface area contributed by atoms with Gasteiger partial charge in [-0.05, 0) is 49.4 Å². The largest absolute Gasteiger partial charge is 0.477 e. The van der Waals surface area contributed by atoms with Crippen LogP contribution in [-0.4, -0.2) is 16.1 Å². The number of nitrogens with zero attached hydrogens (tertiary/aromatic N) is 1. The smallest absolute Gasteiger partial charge is 0.347 e. The summed E-state index contributed by atoms with van der Waals surface area (Å²) in [5, 5.41) is 10.1. The van der Waals surface area contributed by atoms with E-state index in [2.05, 4.69) is 31.0 Å². The van der Waals surface area contributed by atoms with E-state index in [4.69, 9.17) is 0 Å². The van der Waals surface area contributed by atoms with Gasteiger partial charge in [-0.2, -0.15) is 0 Å². The number of carboxylic acid groups (broad SMARTS) is 1. The summed E-state index contributed by atoms with van der Waals surface area (Å²) in [6.07, 6.45) is 0. The van der Waals surface area contributed by atoms with Gasteiger partial charge in [-0.1, -0.05) is 19.9 Å². The predicted octanol–water partition coefficient (Wildman–Crippen LogP) is 4.56. The maximum absolute atomic E-state index is 11.3. The molecule has 0 amide bonds. The normalized spacial score (nSPS) is 11.1. The summed E-state index contributed by atoms with van der Waals surface area (Å²) in [5.74, 6) is -0.781. The maximum atomic E-state index is 11.3. The monoisotopic (exact) mass is 289 g/mol. The summed E-state index contributed by atoms with van der Waals surface area (Å²) >= 11 is 1.27. The molecule has 1 N–H and O–H groups in total. The Morgan fingerprint density at radius 1 is 1.15 bits per heavy atom. The number of benzene rings is 1. The van der Waals surface area contributed by atoms with Crippen molar-refractivity contribution in [3.8, 4) is 10.6 Å². The molecule has 0 aliphatic heterocycles. The fourth-order valence-corrected chi connectivity index (χ4v) is 3.32. The van der Waals surface area contributed by atoms with Gasteiger partial charge in [0.25, 0.3) is 0 Å². The Balaban J connectivity index is 2.62. The lowest BCUT2D eigenvalue weighted by Crippen LogP contribution is -2.00. The summed E-state index contributed by atoms with van der Waals surface area (Å²) in [5.41, 5.74) is 5.28. The molecule has 0 aliphatic carbocycles. The first kappa shape index (κ1) is 14.7. The second-order valence-electron chi connectivity index (χ2n) is 5.44. The first-order valence-corrected chi connectivity index (χ1v) is 7.45. The number of aromatic nitrogens is 1. The molecule has 0 fully saturated rings. The fourth-order valence-electron chi connectivity index (χ4n) is 2.18.